The van der Waals surface area contributed by atoms with Crippen LogP contribution in [0.3, 0.4) is 0 Å². The molecular formula is C11H20N4. The average molecular weight is 208 g/mol. The fourth-order valence-electron chi connectivity index (χ4n) is 2.32. The van der Waals surface area contributed by atoms with Crippen molar-refractivity contribution in [3.8, 4) is 0 Å². The van der Waals surface area contributed by atoms with Crippen molar-refractivity contribution in [3.05, 3.63) is 12.7 Å². The van der Waals surface area contributed by atoms with Gasteiger partial charge in [-0.2, -0.15) is 0 Å². The molecule has 0 amide bonds. The number of hydrogen-bond donors (Lipinski definition) is 1. The Morgan fingerprint density at radius 1 is 1.20 bits per heavy atom. The first-order chi connectivity index (χ1) is 7.40. The first-order valence-corrected chi connectivity index (χ1v) is 5.97. The zero-order chi connectivity index (χ0) is 10.5. The van der Waals surface area contributed by atoms with E-state index in [4.69, 9.17) is 0 Å². The maximum Gasteiger partial charge on any atom is 0.119 e. The van der Waals surface area contributed by atoms with E-state index in [0.717, 1.165) is 12.6 Å². The molecule has 1 aliphatic carbocycles. The second kappa shape index (κ2) is 5.26. The highest BCUT2D eigenvalue weighted by Crippen LogP contribution is 2.27. The van der Waals surface area contributed by atoms with E-state index in [1.165, 1.54) is 32.1 Å². The third-order valence-corrected chi connectivity index (χ3v) is 3.24. The minimum Gasteiger partial charge on any atom is -0.317 e. The molecule has 1 heterocycles. The van der Waals surface area contributed by atoms with Gasteiger partial charge >= 0.3 is 0 Å². The Kier molecular flexibility index (Phi) is 3.72. The second-order valence-electron chi connectivity index (χ2n) is 4.37. The monoisotopic (exact) mass is 208 g/mol. The molecule has 1 saturated carbocycles. The van der Waals surface area contributed by atoms with Crippen molar-refractivity contribution >= 4 is 0 Å². The molecule has 0 unspecified atom stereocenters. The van der Waals surface area contributed by atoms with Crippen LogP contribution in [0.2, 0.25) is 0 Å². The van der Waals surface area contributed by atoms with Gasteiger partial charge in [-0.25, -0.2) is 0 Å². The maximum atomic E-state index is 3.86. The van der Waals surface area contributed by atoms with Crippen LogP contribution >= 0.6 is 0 Å². The SMILES string of the molecule is CCCNC1CCC(n2cnnc2)CC1. The Bertz CT molecular complexity index is 262. The van der Waals surface area contributed by atoms with Crippen molar-refractivity contribution in [1.82, 2.24) is 20.1 Å². The highest BCUT2D eigenvalue weighted by Gasteiger charge is 2.21. The molecular weight excluding hydrogens is 188 g/mol. The largest absolute Gasteiger partial charge is 0.317 e. The van der Waals surface area contributed by atoms with Gasteiger partial charge in [0, 0.05) is 12.1 Å². The van der Waals surface area contributed by atoms with Gasteiger partial charge in [0.05, 0.1) is 0 Å². The molecule has 1 aromatic rings. The summed E-state index contributed by atoms with van der Waals surface area (Å²) < 4.78 is 2.15. The first-order valence-electron chi connectivity index (χ1n) is 5.97. The molecule has 0 atom stereocenters. The quantitative estimate of drug-likeness (QED) is 0.820. The first kappa shape index (κ1) is 10.6. The molecule has 4 heteroatoms. The molecule has 15 heavy (non-hydrogen) atoms. The van der Waals surface area contributed by atoms with Crippen molar-refractivity contribution in [2.75, 3.05) is 6.54 Å². The van der Waals surface area contributed by atoms with Gasteiger partial charge in [-0.05, 0) is 38.6 Å². The molecule has 0 aromatic carbocycles. The van der Waals surface area contributed by atoms with E-state index in [-0.39, 0.29) is 0 Å². The van der Waals surface area contributed by atoms with Gasteiger partial charge in [0.25, 0.3) is 0 Å². The van der Waals surface area contributed by atoms with Crippen molar-refractivity contribution in [1.29, 1.82) is 0 Å². The molecule has 1 aliphatic rings. The lowest BCUT2D eigenvalue weighted by Gasteiger charge is -2.29. The van der Waals surface area contributed by atoms with Crippen molar-refractivity contribution in [2.45, 2.75) is 51.1 Å². The summed E-state index contributed by atoms with van der Waals surface area (Å²) in [6.45, 7) is 3.37. The van der Waals surface area contributed by atoms with Gasteiger partial charge < -0.3 is 9.88 Å². The molecule has 2 rings (SSSR count). The summed E-state index contributed by atoms with van der Waals surface area (Å²) >= 11 is 0. The predicted octanol–water partition coefficient (Wildman–Crippen LogP) is 1.76. The van der Waals surface area contributed by atoms with Gasteiger partial charge in [0.2, 0.25) is 0 Å². The molecule has 1 N–H and O–H groups in total. The lowest BCUT2D eigenvalue weighted by molar-refractivity contribution is 0.291. The molecule has 0 radical (unpaired) electrons. The summed E-state index contributed by atoms with van der Waals surface area (Å²) in [7, 11) is 0. The zero-order valence-electron chi connectivity index (χ0n) is 9.39. The molecule has 4 nitrogen and oxygen atoms in total. The normalized spacial score (nSPS) is 26.7. The van der Waals surface area contributed by atoms with Gasteiger partial charge in [0.15, 0.2) is 0 Å². The van der Waals surface area contributed by atoms with Crippen LogP contribution in [0.5, 0.6) is 0 Å². The van der Waals surface area contributed by atoms with Crippen molar-refractivity contribution in [2.24, 2.45) is 0 Å². The van der Waals surface area contributed by atoms with Gasteiger partial charge in [-0.1, -0.05) is 6.92 Å². The fourth-order valence-corrected chi connectivity index (χ4v) is 2.32. The van der Waals surface area contributed by atoms with Crippen LogP contribution in [0.4, 0.5) is 0 Å². The summed E-state index contributed by atoms with van der Waals surface area (Å²) in [6, 6.07) is 1.36. The van der Waals surface area contributed by atoms with Gasteiger partial charge in [-0.15, -0.1) is 10.2 Å². The van der Waals surface area contributed by atoms with E-state index >= 15 is 0 Å². The van der Waals surface area contributed by atoms with Crippen molar-refractivity contribution < 1.29 is 0 Å². The van der Waals surface area contributed by atoms with Crippen LogP contribution in [0.25, 0.3) is 0 Å². The van der Waals surface area contributed by atoms with E-state index in [9.17, 15) is 0 Å². The average Bonchev–Trinajstić information content (AvgIpc) is 2.80. The highest BCUT2D eigenvalue weighted by molar-refractivity contribution is 4.82. The number of hydrogen-bond acceptors (Lipinski definition) is 3. The van der Waals surface area contributed by atoms with E-state index < -0.39 is 0 Å². The molecule has 0 bridgehead atoms. The molecule has 0 aliphatic heterocycles. The summed E-state index contributed by atoms with van der Waals surface area (Å²) in [6.07, 6.45) is 9.96. The third-order valence-electron chi connectivity index (χ3n) is 3.24. The lowest BCUT2D eigenvalue weighted by atomic mass is 9.91. The van der Waals surface area contributed by atoms with E-state index in [2.05, 4.69) is 27.0 Å². The van der Waals surface area contributed by atoms with Crippen LogP contribution in [0.1, 0.15) is 45.1 Å². The number of rotatable bonds is 4. The van der Waals surface area contributed by atoms with Crippen LogP contribution in [0.15, 0.2) is 12.7 Å². The smallest absolute Gasteiger partial charge is 0.119 e. The minimum absolute atomic E-state index is 0.625. The van der Waals surface area contributed by atoms with E-state index in [1.807, 2.05) is 12.7 Å². The number of nitrogens with one attached hydrogen (secondary N) is 1. The van der Waals surface area contributed by atoms with Crippen LogP contribution in [-0.2, 0) is 0 Å². The Morgan fingerprint density at radius 2 is 1.87 bits per heavy atom. The minimum atomic E-state index is 0.625. The molecule has 0 saturated heterocycles. The molecule has 0 spiro atoms. The summed E-state index contributed by atoms with van der Waals surface area (Å²) in [4.78, 5) is 0. The predicted molar refractivity (Wildman–Crippen MR) is 59.6 cm³/mol. The Labute approximate surface area is 91.1 Å². The third kappa shape index (κ3) is 2.78. The van der Waals surface area contributed by atoms with E-state index in [1.54, 1.807) is 0 Å². The van der Waals surface area contributed by atoms with Crippen LogP contribution in [-0.4, -0.2) is 27.4 Å². The summed E-state index contributed by atoms with van der Waals surface area (Å²) in [5.41, 5.74) is 0. The van der Waals surface area contributed by atoms with Gasteiger partial charge in [-0.3, -0.25) is 0 Å². The summed E-state index contributed by atoms with van der Waals surface area (Å²) in [5, 5.41) is 11.3. The highest BCUT2D eigenvalue weighted by atomic mass is 15.2. The molecule has 1 aromatic heterocycles. The topological polar surface area (TPSA) is 42.7 Å². The Balaban J connectivity index is 1.77. The second-order valence-corrected chi connectivity index (χ2v) is 4.37. The molecule has 84 valence electrons. The maximum absolute atomic E-state index is 3.86. The Morgan fingerprint density at radius 3 is 2.47 bits per heavy atom. The van der Waals surface area contributed by atoms with Crippen molar-refractivity contribution in [3.63, 3.8) is 0 Å². The van der Waals surface area contributed by atoms with Gasteiger partial charge in [0.1, 0.15) is 12.7 Å². The van der Waals surface area contributed by atoms with Crippen LogP contribution < -0.4 is 5.32 Å². The standard InChI is InChI=1S/C11H20N4/c1-2-7-12-10-3-5-11(6-4-10)15-8-13-14-9-15/h8-12H,2-7H2,1H3. The lowest BCUT2D eigenvalue weighted by Crippen LogP contribution is -2.34. The number of nitrogens with zero attached hydrogens (tertiary/aromatic N) is 3. The Hall–Kier alpha value is -0.900. The zero-order valence-corrected chi connectivity index (χ0v) is 9.39. The fraction of sp³-hybridized carbons (Fsp3) is 0.818. The number of aromatic nitrogens is 3. The summed E-state index contributed by atoms with van der Waals surface area (Å²) in [5.74, 6) is 0. The van der Waals surface area contributed by atoms with E-state index in [0.29, 0.717) is 6.04 Å². The molecule has 1 fully saturated rings. The van der Waals surface area contributed by atoms with Crippen LogP contribution in [0, 0.1) is 0 Å².